The molecular weight excluding hydrogens is 161 g/mol. The standard InChI is InChI=1S/C6H7B.C4H9NO/c1-6-4-2-3-5-7-6;1-3-6-4-2-5-1/h2-5H,1H3;5H,1-4H2. The van der Waals surface area contributed by atoms with E-state index >= 15 is 0 Å². The molecule has 0 amide bonds. The Balaban J connectivity index is 0.000000132. The molecule has 2 rings (SSSR count). The quantitative estimate of drug-likeness (QED) is 0.636. The van der Waals surface area contributed by atoms with Gasteiger partial charge in [0.2, 0.25) is 0 Å². The summed E-state index contributed by atoms with van der Waals surface area (Å²) >= 11 is 0. The molecule has 0 spiro atoms. The number of hydrogen-bond acceptors (Lipinski definition) is 2. The van der Waals surface area contributed by atoms with Crippen molar-refractivity contribution in [2.75, 3.05) is 26.3 Å². The molecule has 2 heterocycles. The summed E-state index contributed by atoms with van der Waals surface area (Å²) in [5.41, 5.74) is 1.32. The van der Waals surface area contributed by atoms with Crippen LogP contribution in [0.4, 0.5) is 0 Å². The van der Waals surface area contributed by atoms with E-state index in [0.717, 1.165) is 26.3 Å². The van der Waals surface area contributed by atoms with Crippen molar-refractivity contribution < 1.29 is 4.74 Å². The van der Waals surface area contributed by atoms with Gasteiger partial charge in [-0.3, -0.25) is 0 Å². The number of aryl methyl sites for hydroxylation is 1. The third-order valence-corrected chi connectivity index (χ3v) is 1.79. The predicted octanol–water partition coefficient (Wildman–Crippen LogP) is 0.939. The van der Waals surface area contributed by atoms with Gasteiger partial charge in [-0.15, -0.1) is 0 Å². The molecule has 1 aliphatic heterocycles. The van der Waals surface area contributed by atoms with Crippen LogP contribution in [0.15, 0.2) is 24.2 Å². The molecule has 1 aromatic rings. The molecular formula is C10H16BNO. The molecule has 1 aromatic heterocycles. The van der Waals surface area contributed by atoms with Gasteiger partial charge in [-0.1, -0.05) is 0 Å². The number of morpholine rings is 1. The normalized spacial score (nSPS) is 15.5. The first kappa shape index (κ1) is 10.4. The monoisotopic (exact) mass is 177 g/mol. The Hall–Kier alpha value is -0.665. The van der Waals surface area contributed by atoms with Crippen LogP contribution in [0.1, 0.15) is 5.46 Å². The van der Waals surface area contributed by atoms with E-state index in [1.54, 1.807) is 0 Å². The number of hydrogen-bond donors (Lipinski definition) is 1. The van der Waals surface area contributed by atoms with Gasteiger partial charge in [0.1, 0.15) is 0 Å². The minimum atomic E-state index is 0.889. The van der Waals surface area contributed by atoms with Gasteiger partial charge in [0.15, 0.2) is 0 Å². The minimum absolute atomic E-state index is 0.889. The van der Waals surface area contributed by atoms with Crippen LogP contribution in [-0.2, 0) is 4.74 Å². The summed E-state index contributed by atoms with van der Waals surface area (Å²) in [6.07, 6.45) is 0. The van der Waals surface area contributed by atoms with E-state index in [9.17, 15) is 0 Å². The van der Waals surface area contributed by atoms with Crippen molar-refractivity contribution in [3.8, 4) is 0 Å². The van der Waals surface area contributed by atoms with Crippen molar-refractivity contribution in [2.24, 2.45) is 0 Å². The van der Waals surface area contributed by atoms with E-state index < -0.39 is 0 Å². The molecule has 0 aliphatic carbocycles. The van der Waals surface area contributed by atoms with E-state index in [1.165, 1.54) is 5.46 Å². The van der Waals surface area contributed by atoms with Crippen molar-refractivity contribution in [1.29, 1.82) is 0 Å². The van der Waals surface area contributed by atoms with Gasteiger partial charge in [-0.25, -0.2) is 0 Å². The molecule has 1 N–H and O–H groups in total. The second-order valence-electron chi connectivity index (χ2n) is 3.02. The van der Waals surface area contributed by atoms with Gasteiger partial charge >= 0.3 is 43.5 Å². The van der Waals surface area contributed by atoms with Gasteiger partial charge in [0.05, 0.1) is 13.2 Å². The Morgan fingerprint density at radius 3 is 2.31 bits per heavy atom. The molecule has 2 nitrogen and oxygen atoms in total. The zero-order valence-corrected chi connectivity index (χ0v) is 8.12. The Kier molecular flexibility index (Phi) is 5.46. The summed E-state index contributed by atoms with van der Waals surface area (Å²) in [5.74, 6) is 2.04. The zero-order chi connectivity index (χ0) is 9.36. The Bertz CT molecular complexity index is 200. The summed E-state index contributed by atoms with van der Waals surface area (Å²) in [6, 6.07) is 6.14. The van der Waals surface area contributed by atoms with Gasteiger partial charge in [0, 0.05) is 13.1 Å². The third-order valence-electron chi connectivity index (χ3n) is 1.79. The second-order valence-corrected chi connectivity index (χ2v) is 3.02. The van der Waals surface area contributed by atoms with Crippen LogP contribution in [0.3, 0.4) is 0 Å². The van der Waals surface area contributed by atoms with Crippen molar-refractivity contribution in [3.05, 3.63) is 29.6 Å². The molecule has 0 atom stereocenters. The van der Waals surface area contributed by atoms with Crippen LogP contribution in [0.5, 0.6) is 0 Å². The molecule has 0 bridgehead atoms. The van der Waals surface area contributed by atoms with Gasteiger partial charge in [-0.05, 0) is 0 Å². The van der Waals surface area contributed by atoms with Crippen molar-refractivity contribution in [2.45, 2.75) is 6.92 Å². The van der Waals surface area contributed by atoms with E-state index in [4.69, 9.17) is 4.74 Å². The summed E-state index contributed by atoms with van der Waals surface area (Å²) in [7, 11) is 0. The average Bonchev–Trinajstić information content (AvgIpc) is 2.22. The first-order valence-electron chi connectivity index (χ1n) is 4.70. The maximum absolute atomic E-state index is 5.01. The molecule has 1 fully saturated rings. The topological polar surface area (TPSA) is 21.3 Å². The fraction of sp³-hybridized carbons (Fsp3) is 0.500. The van der Waals surface area contributed by atoms with Gasteiger partial charge in [0.25, 0.3) is 0 Å². The molecule has 0 saturated carbocycles. The fourth-order valence-electron chi connectivity index (χ4n) is 1.05. The first-order valence-corrected chi connectivity index (χ1v) is 4.70. The zero-order valence-electron chi connectivity index (χ0n) is 8.12. The van der Waals surface area contributed by atoms with Crippen LogP contribution in [0.2, 0.25) is 0 Å². The van der Waals surface area contributed by atoms with Crippen molar-refractivity contribution in [1.82, 2.24) is 5.32 Å². The Morgan fingerprint density at radius 2 is 2.08 bits per heavy atom. The van der Waals surface area contributed by atoms with E-state index in [1.807, 2.05) is 18.1 Å². The first-order chi connectivity index (χ1) is 6.39. The Morgan fingerprint density at radius 1 is 1.31 bits per heavy atom. The summed E-state index contributed by atoms with van der Waals surface area (Å²) in [4.78, 5) is 0. The molecule has 0 aromatic carbocycles. The summed E-state index contributed by atoms with van der Waals surface area (Å²) < 4.78 is 5.01. The molecule has 0 radical (unpaired) electrons. The molecule has 0 unspecified atom stereocenters. The maximum atomic E-state index is 5.01. The number of ether oxygens (including phenoxy) is 1. The van der Waals surface area contributed by atoms with E-state index in [0.29, 0.717) is 0 Å². The van der Waals surface area contributed by atoms with Crippen LogP contribution < -0.4 is 5.32 Å². The number of nitrogens with one attached hydrogen (secondary N) is 1. The van der Waals surface area contributed by atoms with Gasteiger partial charge < -0.3 is 10.1 Å². The van der Waals surface area contributed by atoms with E-state index in [-0.39, 0.29) is 0 Å². The van der Waals surface area contributed by atoms with Crippen LogP contribution in [0.25, 0.3) is 0 Å². The fourth-order valence-corrected chi connectivity index (χ4v) is 1.05. The Labute approximate surface area is 80.5 Å². The van der Waals surface area contributed by atoms with Crippen molar-refractivity contribution >= 4 is 6.91 Å². The molecule has 1 saturated heterocycles. The average molecular weight is 177 g/mol. The molecule has 70 valence electrons. The SMILES string of the molecule is C1COCCN1.Cc1bcccc1. The third kappa shape index (κ3) is 5.55. The van der Waals surface area contributed by atoms with E-state index in [2.05, 4.69) is 25.2 Å². The van der Waals surface area contributed by atoms with Crippen LogP contribution in [0, 0.1) is 6.92 Å². The molecule has 1 aliphatic rings. The molecule has 13 heavy (non-hydrogen) atoms. The van der Waals surface area contributed by atoms with Gasteiger partial charge in [-0.2, -0.15) is 0 Å². The number of rotatable bonds is 0. The second kappa shape index (κ2) is 6.81. The predicted molar refractivity (Wildman–Crippen MR) is 56.2 cm³/mol. The van der Waals surface area contributed by atoms with Crippen molar-refractivity contribution in [3.63, 3.8) is 0 Å². The summed E-state index contributed by atoms with van der Waals surface area (Å²) in [6.45, 7) is 8.00. The molecule has 3 heteroatoms. The van der Waals surface area contributed by atoms with Crippen LogP contribution >= 0.6 is 0 Å². The summed E-state index contributed by atoms with van der Waals surface area (Å²) in [5, 5.41) is 3.16. The van der Waals surface area contributed by atoms with Crippen LogP contribution in [-0.4, -0.2) is 33.2 Å².